The fourth-order valence-electron chi connectivity index (χ4n) is 7.10. The minimum absolute atomic E-state index is 0. The second kappa shape index (κ2) is 5.31. The molecule has 0 spiro atoms. The number of fused-ring (bicyclic) bond motifs is 5. The van der Waals surface area contributed by atoms with Crippen LogP contribution < -0.4 is 0 Å². The second-order valence-corrected chi connectivity index (χ2v) is 9.01. The van der Waals surface area contributed by atoms with Crippen molar-refractivity contribution in [2.75, 3.05) is 0 Å². The minimum Gasteiger partial charge on any atom is -0.412 e. The smallest absolute Gasteiger partial charge is 0.139 e. The molecule has 4 fully saturated rings. The number of Topliss-reactive ketones (excluding diaryl/α,β-unsaturated/α-hetero) is 1. The largest absolute Gasteiger partial charge is 0.412 e. The molecular weight excluding hydrogens is 276 g/mol. The molecule has 0 amide bonds. The van der Waals surface area contributed by atoms with Gasteiger partial charge >= 0.3 is 0 Å². The van der Waals surface area contributed by atoms with Crippen LogP contribution in [0.1, 0.15) is 71.6 Å². The summed E-state index contributed by atoms with van der Waals surface area (Å²) in [6.45, 7) is 4.73. The van der Waals surface area contributed by atoms with E-state index >= 15 is 0 Å². The summed E-state index contributed by atoms with van der Waals surface area (Å²) >= 11 is 0. The maximum Gasteiger partial charge on any atom is 0.139 e. The molecular formula is C19H32O3. The zero-order valence-corrected chi connectivity index (χ0v) is 14.1. The Morgan fingerprint density at radius 2 is 1.73 bits per heavy atom. The Balaban J connectivity index is 0.00000144. The van der Waals surface area contributed by atoms with Gasteiger partial charge in [0.05, 0.1) is 6.10 Å². The molecule has 0 heterocycles. The predicted octanol–water partition coefficient (Wildman–Crippen LogP) is 3.13. The van der Waals surface area contributed by atoms with Gasteiger partial charge in [0.1, 0.15) is 5.78 Å². The first-order chi connectivity index (χ1) is 9.95. The van der Waals surface area contributed by atoms with Crippen molar-refractivity contribution in [1.29, 1.82) is 0 Å². The fourth-order valence-corrected chi connectivity index (χ4v) is 7.10. The van der Waals surface area contributed by atoms with E-state index < -0.39 is 0 Å². The first-order valence-electron chi connectivity index (χ1n) is 9.16. The second-order valence-electron chi connectivity index (χ2n) is 9.01. The van der Waals surface area contributed by atoms with Gasteiger partial charge in [0.2, 0.25) is 0 Å². The summed E-state index contributed by atoms with van der Waals surface area (Å²) < 4.78 is 0. The Hall–Kier alpha value is -0.410. The third kappa shape index (κ3) is 2.04. The molecule has 0 radical (unpaired) electrons. The molecule has 3 N–H and O–H groups in total. The molecule has 3 heteroatoms. The Morgan fingerprint density at radius 1 is 1.00 bits per heavy atom. The third-order valence-corrected chi connectivity index (χ3v) is 8.30. The standard InChI is InChI=1S/C19H30O2.H2O/c1-18-10-9-16-14(15(18)7-8-17(18)21)6-4-12-3-5-13(20)11-19(12,16)2;/h12-16,20H,3-11H2,1-2H3;1H2/t12?,13?,14-,15-,16+,18-,19-;/m0./s1. The number of carbonyl (C=O) groups is 1. The first-order valence-corrected chi connectivity index (χ1v) is 9.16. The molecule has 4 aliphatic rings. The summed E-state index contributed by atoms with van der Waals surface area (Å²) in [6.07, 6.45) is 10.1. The topological polar surface area (TPSA) is 68.8 Å². The van der Waals surface area contributed by atoms with Crippen molar-refractivity contribution in [3.8, 4) is 0 Å². The van der Waals surface area contributed by atoms with Crippen molar-refractivity contribution in [3.63, 3.8) is 0 Å². The van der Waals surface area contributed by atoms with Gasteiger partial charge in [-0.2, -0.15) is 0 Å². The number of carbonyl (C=O) groups excluding carboxylic acids is 1. The van der Waals surface area contributed by atoms with E-state index in [2.05, 4.69) is 13.8 Å². The molecule has 2 unspecified atom stereocenters. The van der Waals surface area contributed by atoms with Crippen LogP contribution in [0.3, 0.4) is 0 Å². The Kier molecular flexibility index (Phi) is 3.97. The van der Waals surface area contributed by atoms with Gasteiger partial charge in [-0.05, 0) is 80.5 Å². The van der Waals surface area contributed by atoms with Crippen molar-refractivity contribution < 1.29 is 15.4 Å². The normalized spacial score (nSPS) is 54.0. The number of aliphatic hydroxyl groups is 1. The summed E-state index contributed by atoms with van der Waals surface area (Å²) in [5, 5.41) is 10.2. The van der Waals surface area contributed by atoms with Gasteiger partial charge in [-0.25, -0.2) is 0 Å². The number of rotatable bonds is 0. The Morgan fingerprint density at radius 3 is 2.50 bits per heavy atom. The van der Waals surface area contributed by atoms with E-state index in [0.717, 1.165) is 49.9 Å². The number of hydrogen-bond donors (Lipinski definition) is 1. The highest BCUT2D eigenvalue weighted by Crippen LogP contribution is 2.65. The van der Waals surface area contributed by atoms with E-state index in [1.165, 1.54) is 25.7 Å². The molecule has 126 valence electrons. The van der Waals surface area contributed by atoms with E-state index in [-0.39, 0.29) is 17.0 Å². The summed E-state index contributed by atoms with van der Waals surface area (Å²) in [4.78, 5) is 12.4. The molecule has 3 nitrogen and oxygen atoms in total. The molecule has 0 aliphatic heterocycles. The zero-order chi connectivity index (χ0) is 14.8. The average Bonchev–Trinajstić information content (AvgIpc) is 2.74. The Labute approximate surface area is 134 Å². The number of aliphatic hydroxyl groups excluding tert-OH is 1. The van der Waals surface area contributed by atoms with Gasteiger partial charge < -0.3 is 10.6 Å². The average molecular weight is 308 g/mol. The van der Waals surface area contributed by atoms with E-state index in [0.29, 0.717) is 17.1 Å². The third-order valence-electron chi connectivity index (χ3n) is 8.30. The molecule has 0 bridgehead atoms. The molecule has 4 rings (SSSR count). The van der Waals surface area contributed by atoms with Crippen LogP contribution in [0.4, 0.5) is 0 Å². The van der Waals surface area contributed by atoms with Crippen LogP contribution in [0.15, 0.2) is 0 Å². The van der Waals surface area contributed by atoms with E-state index in [9.17, 15) is 9.90 Å². The maximum atomic E-state index is 12.4. The van der Waals surface area contributed by atoms with E-state index in [1.807, 2.05) is 0 Å². The summed E-state index contributed by atoms with van der Waals surface area (Å²) in [7, 11) is 0. The van der Waals surface area contributed by atoms with Gasteiger partial charge in [-0.1, -0.05) is 13.8 Å². The van der Waals surface area contributed by atoms with Gasteiger partial charge in [-0.3, -0.25) is 4.79 Å². The van der Waals surface area contributed by atoms with Gasteiger partial charge in [0.25, 0.3) is 0 Å². The SMILES string of the molecule is C[C@]12CC(O)CCC1CC[C@@H]1[C@H]2CC[C@]2(C)C(=O)CC[C@@H]12.O. The lowest BCUT2D eigenvalue weighted by Crippen LogP contribution is -2.54. The first kappa shape index (κ1) is 16.4. The highest BCUT2D eigenvalue weighted by molar-refractivity contribution is 5.87. The zero-order valence-electron chi connectivity index (χ0n) is 14.1. The fraction of sp³-hybridized carbons (Fsp3) is 0.947. The van der Waals surface area contributed by atoms with Gasteiger partial charge in [0.15, 0.2) is 0 Å². The lowest BCUT2D eigenvalue weighted by atomic mass is 9.45. The van der Waals surface area contributed by atoms with Crippen LogP contribution in [-0.2, 0) is 4.79 Å². The monoisotopic (exact) mass is 308 g/mol. The van der Waals surface area contributed by atoms with Crippen molar-refractivity contribution in [1.82, 2.24) is 0 Å². The number of hydrogen-bond acceptors (Lipinski definition) is 2. The van der Waals surface area contributed by atoms with Crippen LogP contribution >= 0.6 is 0 Å². The lowest BCUT2D eigenvalue weighted by molar-refractivity contribution is -0.144. The summed E-state index contributed by atoms with van der Waals surface area (Å²) in [5.74, 6) is 3.52. The Bertz CT molecular complexity index is 462. The quantitative estimate of drug-likeness (QED) is 0.747. The summed E-state index contributed by atoms with van der Waals surface area (Å²) in [5.41, 5.74) is 0.338. The molecule has 7 atom stereocenters. The van der Waals surface area contributed by atoms with Crippen LogP contribution in [0.2, 0.25) is 0 Å². The molecule has 4 aliphatic carbocycles. The van der Waals surface area contributed by atoms with Gasteiger partial charge in [-0.15, -0.1) is 0 Å². The summed E-state index contributed by atoms with van der Waals surface area (Å²) in [6, 6.07) is 0. The van der Waals surface area contributed by atoms with Crippen molar-refractivity contribution in [2.45, 2.75) is 77.7 Å². The van der Waals surface area contributed by atoms with E-state index in [1.54, 1.807) is 0 Å². The van der Waals surface area contributed by atoms with Gasteiger partial charge in [0, 0.05) is 11.8 Å². The molecule has 0 aromatic heterocycles. The molecule has 22 heavy (non-hydrogen) atoms. The molecule has 0 aromatic rings. The van der Waals surface area contributed by atoms with Crippen LogP contribution in [0.25, 0.3) is 0 Å². The van der Waals surface area contributed by atoms with Crippen molar-refractivity contribution in [2.24, 2.45) is 34.5 Å². The van der Waals surface area contributed by atoms with Crippen molar-refractivity contribution >= 4 is 5.78 Å². The van der Waals surface area contributed by atoms with Crippen LogP contribution in [0, 0.1) is 34.5 Å². The minimum atomic E-state index is -0.0801. The highest BCUT2D eigenvalue weighted by atomic mass is 16.3. The predicted molar refractivity (Wildman–Crippen MR) is 86.4 cm³/mol. The molecule has 0 saturated heterocycles. The maximum absolute atomic E-state index is 12.4. The molecule has 4 saturated carbocycles. The lowest BCUT2D eigenvalue weighted by Gasteiger charge is -2.60. The highest BCUT2D eigenvalue weighted by Gasteiger charge is 2.60. The van der Waals surface area contributed by atoms with Crippen molar-refractivity contribution in [3.05, 3.63) is 0 Å². The van der Waals surface area contributed by atoms with E-state index in [4.69, 9.17) is 0 Å². The van der Waals surface area contributed by atoms with Crippen LogP contribution in [0.5, 0.6) is 0 Å². The molecule has 0 aromatic carbocycles. The van der Waals surface area contributed by atoms with Crippen LogP contribution in [-0.4, -0.2) is 22.5 Å². The number of ketones is 1.